The standard InChI is InChI=1S/C18H19N5O2S/c1-13-16(26-18(21-13)22-8-2-3-9-22)17(24)23-10-4-5-14(12-23)25-15-11-19-6-7-20-15/h2-3,6-9,11,14H,4-5,10,12H2,1H3. The van der Waals surface area contributed by atoms with Gasteiger partial charge in [0, 0.05) is 31.3 Å². The summed E-state index contributed by atoms with van der Waals surface area (Å²) in [5.74, 6) is 0.515. The normalized spacial score (nSPS) is 17.3. The van der Waals surface area contributed by atoms with Gasteiger partial charge in [0.15, 0.2) is 5.13 Å². The number of aryl methyl sites for hydroxylation is 1. The molecular formula is C18H19N5O2S. The number of ether oxygens (including phenoxy) is 1. The van der Waals surface area contributed by atoms with E-state index in [0.29, 0.717) is 17.3 Å². The molecule has 4 rings (SSSR count). The highest BCUT2D eigenvalue weighted by atomic mass is 32.1. The Morgan fingerprint density at radius 3 is 2.92 bits per heavy atom. The van der Waals surface area contributed by atoms with Crippen LogP contribution in [0, 0.1) is 6.92 Å². The van der Waals surface area contributed by atoms with Crippen molar-refractivity contribution in [1.82, 2.24) is 24.4 Å². The molecule has 1 saturated heterocycles. The van der Waals surface area contributed by atoms with E-state index in [-0.39, 0.29) is 12.0 Å². The maximum Gasteiger partial charge on any atom is 0.266 e. The molecule has 1 unspecified atom stereocenters. The Labute approximate surface area is 155 Å². The summed E-state index contributed by atoms with van der Waals surface area (Å²) in [6.45, 7) is 3.16. The zero-order valence-electron chi connectivity index (χ0n) is 14.4. The summed E-state index contributed by atoms with van der Waals surface area (Å²) in [4.78, 5) is 28.2. The molecule has 8 heteroatoms. The lowest BCUT2D eigenvalue weighted by Crippen LogP contribution is -2.44. The molecule has 1 aliphatic rings. The molecule has 3 aromatic rings. The summed E-state index contributed by atoms with van der Waals surface area (Å²) in [6.07, 6.45) is 10.4. The Morgan fingerprint density at radius 2 is 2.15 bits per heavy atom. The monoisotopic (exact) mass is 369 g/mol. The van der Waals surface area contributed by atoms with Crippen molar-refractivity contribution in [3.63, 3.8) is 0 Å². The fourth-order valence-electron chi connectivity index (χ4n) is 3.03. The Kier molecular flexibility index (Phi) is 4.66. The van der Waals surface area contributed by atoms with Gasteiger partial charge in [-0.05, 0) is 31.9 Å². The van der Waals surface area contributed by atoms with Crippen LogP contribution in [0.4, 0.5) is 0 Å². The quantitative estimate of drug-likeness (QED) is 0.707. The van der Waals surface area contributed by atoms with E-state index in [4.69, 9.17) is 4.74 Å². The Bertz CT molecular complexity index is 878. The first-order chi connectivity index (χ1) is 12.7. The average Bonchev–Trinajstić information content (AvgIpc) is 3.32. The molecule has 3 aromatic heterocycles. The second-order valence-electron chi connectivity index (χ2n) is 6.18. The van der Waals surface area contributed by atoms with Crippen molar-refractivity contribution in [3.05, 3.63) is 53.7 Å². The molecule has 4 heterocycles. The summed E-state index contributed by atoms with van der Waals surface area (Å²) in [5, 5.41) is 0.806. The van der Waals surface area contributed by atoms with E-state index in [2.05, 4.69) is 15.0 Å². The third kappa shape index (κ3) is 3.45. The van der Waals surface area contributed by atoms with E-state index in [1.807, 2.05) is 40.9 Å². The lowest BCUT2D eigenvalue weighted by Gasteiger charge is -2.32. The maximum atomic E-state index is 13.0. The highest BCUT2D eigenvalue weighted by Gasteiger charge is 2.28. The highest BCUT2D eigenvalue weighted by Crippen LogP contribution is 2.25. The van der Waals surface area contributed by atoms with Gasteiger partial charge in [-0.3, -0.25) is 9.78 Å². The second kappa shape index (κ2) is 7.25. The van der Waals surface area contributed by atoms with Crippen molar-refractivity contribution >= 4 is 17.2 Å². The molecule has 0 radical (unpaired) electrons. The topological polar surface area (TPSA) is 73.1 Å². The first-order valence-corrected chi connectivity index (χ1v) is 9.35. The highest BCUT2D eigenvalue weighted by molar-refractivity contribution is 7.16. The van der Waals surface area contributed by atoms with E-state index >= 15 is 0 Å². The molecule has 1 atom stereocenters. The number of piperidine rings is 1. The van der Waals surface area contributed by atoms with Crippen molar-refractivity contribution < 1.29 is 9.53 Å². The lowest BCUT2D eigenvalue weighted by atomic mass is 10.1. The van der Waals surface area contributed by atoms with E-state index in [1.165, 1.54) is 11.3 Å². The van der Waals surface area contributed by atoms with E-state index in [1.54, 1.807) is 18.6 Å². The molecule has 1 amide bonds. The van der Waals surface area contributed by atoms with Crippen molar-refractivity contribution in [2.45, 2.75) is 25.9 Å². The number of rotatable bonds is 4. The van der Waals surface area contributed by atoms with Crippen molar-refractivity contribution in [3.8, 4) is 11.0 Å². The van der Waals surface area contributed by atoms with Gasteiger partial charge in [-0.1, -0.05) is 11.3 Å². The van der Waals surface area contributed by atoms with Crippen LogP contribution >= 0.6 is 11.3 Å². The van der Waals surface area contributed by atoms with Crippen LogP contribution in [0.1, 0.15) is 28.2 Å². The zero-order chi connectivity index (χ0) is 17.9. The summed E-state index contributed by atoms with van der Waals surface area (Å²) in [7, 11) is 0. The van der Waals surface area contributed by atoms with Crippen LogP contribution in [0.15, 0.2) is 43.1 Å². The van der Waals surface area contributed by atoms with Crippen molar-refractivity contribution in [2.75, 3.05) is 13.1 Å². The molecule has 1 fully saturated rings. The number of carbonyl (C=O) groups excluding carboxylic acids is 1. The van der Waals surface area contributed by atoms with Crippen LogP contribution in [-0.4, -0.2) is 49.5 Å². The van der Waals surface area contributed by atoms with Gasteiger partial charge in [0.1, 0.15) is 11.0 Å². The van der Waals surface area contributed by atoms with E-state index in [9.17, 15) is 4.79 Å². The number of hydrogen-bond donors (Lipinski definition) is 0. The number of carbonyl (C=O) groups is 1. The van der Waals surface area contributed by atoms with Crippen molar-refractivity contribution in [2.24, 2.45) is 0 Å². The second-order valence-corrected chi connectivity index (χ2v) is 7.16. The summed E-state index contributed by atoms with van der Waals surface area (Å²) < 4.78 is 7.80. The SMILES string of the molecule is Cc1nc(-n2cccc2)sc1C(=O)N1CCCC(Oc2cnccn2)C1. The largest absolute Gasteiger partial charge is 0.471 e. The molecule has 1 aliphatic heterocycles. The predicted octanol–water partition coefficient (Wildman–Crippen LogP) is 2.72. The van der Waals surface area contributed by atoms with Gasteiger partial charge in [-0.2, -0.15) is 0 Å². The van der Waals surface area contributed by atoms with Gasteiger partial charge in [0.05, 0.1) is 18.4 Å². The maximum absolute atomic E-state index is 13.0. The van der Waals surface area contributed by atoms with Crippen LogP contribution in [0.5, 0.6) is 5.88 Å². The number of amides is 1. The fraction of sp³-hybridized carbons (Fsp3) is 0.333. The molecule has 26 heavy (non-hydrogen) atoms. The minimum absolute atomic E-state index is 0.0193. The fourth-order valence-corrected chi connectivity index (χ4v) is 4.03. The molecular weight excluding hydrogens is 350 g/mol. The van der Waals surface area contributed by atoms with Gasteiger partial charge >= 0.3 is 0 Å². The van der Waals surface area contributed by atoms with Gasteiger partial charge in [0.2, 0.25) is 5.88 Å². The van der Waals surface area contributed by atoms with Gasteiger partial charge < -0.3 is 14.2 Å². The van der Waals surface area contributed by atoms with E-state index in [0.717, 1.165) is 30.2 Å². The smallest absolute Gasteiger partial charge is 0.266 e. The molecule has 0 saturated carbocycles. The molecule has 0 spiro atoms. The van der Waals surface area contributed by atoms with Gasteiger partial charge in [0.25, 0.3) is 5.91 Å². The van der Waals surface area contributed by atoms with Crippen LogP contribution in [0.25, 0.3) is 5.13 Å². The van der Waals surface area contributed by atoms with Crippen LogP contribution in [0.2, 0.25) is 0 Å². The minimum Gasteiger partial charge on any atom is -0.471 e. The average molecular weight is 369 g/mol. The number of thiazole rings is 1. The first-order valence-electron chi connectivity index (χ1n) is 8.53. The number of likely N-dealkylation sites (tertiary alicyclic amines) is 1. The number of hydrogen-bond acceptors (Lipinski definition) is 6. The third-order valence-corrected chi connectivity index (χ3v) is 5.46. The van der Waals surface area contributed by atoms with Crippen molar-refractivity contribution in [1.29, 1.82) is 0 Å². The van der Waals surface area contributed by atoms with Crippen LogP contribution in [-0.2, 0) is 0 Å². The zero-order valence-corrected chi connectivity index (χ0v) is 15.2. The predicted molar refractivity (Wildman–Crippen MR) is 97.8 cm³/mol. The Balaban J connectivity index is 1.47. The van der Waals surface area contributed by atoms with Gasteiger partial charge in [-0.15, -0.1) is 0 Å². The van der Waals surface area contributed by atoms with Crippen LogP contribution < -0.4 is 4.74 Å². The molecule has 0 N–H and O–H groups in total. The molecule has 0 aromatic carbocycles. The summed E-state index contributed by atoms with van der Waals surface area (Å²) in [6, 6.07) is 3.88. The minimum atomic E-state index is -0.0680. The molecule has 0 aliphatic carbocycles. The molecule has 0 bridgehead atoms. The number of nitrogens with zero attached hydrogens (tertiary/aromatic N) is 5. The molecule has 7 nitrogen and oxygen atoms in total. The van der Waals surface area contributed by atoms with Crippen LogP contribution in [0.3, 0.4) is 0 Å². The van der Waals surface area contributed by atoms with Gasteiger partial charge in [-0.25, -0.2) is 9.97 Å². The lowest BCUT2D eigenvalue weighted by molar-refractivity contribution is 0.0530. The summed E-state index contributed by atoms with van der Waals surface area (Å²) in [5.41, 5.74) is 0.765. The first kappa shape index (κ1) is 16.7. The Morgan fingerprint density at radius 1 is 1.31 bits per heavy atom. The Hall–Kier alpha value is -2.74. The summed E-state index contributed by atoms with van der Waals surface area (Å²) >= 11 is 1.42. The third-order valence-electron chi connectivity index (χ3n) is 4.30. The van der Waals surface area contributed by atoms with E-state index < -0.39 is 0 Å². The molecule has 134 valence electrons. The number of aromatic nitrogens is 4.